The third-order valence-corrected chi connectivity index (χ3v) is 5.33. The minimum Gasteiger partial charge on any atom is -0.497 e. The second kappa shape index (κ2) is 9.62. The molecule has 142 valence electrons. The van der Waals surface area contributed by atoms with Crippen molar-refractivity contribution in [3.8, 4) is 5.75 Å². The minimum absolute atomic E-state index is 0.152. The van der Waals surface area contributed by atoms with Gasteiger partial charge >= 0.3 is 0 Å². The molecule has 1 saturated heterocycles. The van der Waals surface area contributed by atoms with Crippen molar-refractivity contribution >= 4 is 11.6 Å². The van der Waals surface area contributed by atoms with Gasteiger partial charge in [0, 0.05) is 38.4 Å². The Morgan fingerprint density at radius 3 is 2.54 bits per heavy atom. The lowest BCUT2D eigenvalue weighted by Gasteiger charge is -2.35. The molecule has 1 N–H and O–H groups in total. The van der Waals surface area contributed by atoms with E-state index in [1.165, 1.54) is 36.9 Å². The van der Waals surface area contributed by atoms with E-state index in [-0.39, 0.29) is 5.91 Å². The van der Waals surface area contributed by atoms with Crippen LogP contribution in [0.15, 0.2) is 35.9 Å². The van der Waals surface area contributed by atoms with Crippen LogP contribution >= 0.6 is 0 Å². The molecule has 0 saturated carbocycles. The van der Waals surface area contributed by atoms with Crippen molar-refractivity contribution in [3.05, 3.63) is 35.9 Å². The molecule has 0 aromatic heterocycles. The predicted molar refractivity (Wildman–Crippen MR) is 106 cm³/mol. The van der Waals surface area contributed by atoms with Crippen molar-refractivity contribution in [2.24, 2.45) is 0 Å². The molecule has 1 amide bonds. The topological polar surface area (TPSA) is 44.8 Å². The third kappa shape index (κ3) is 5.49. The van der Waals surface area contributed by atoms with Gasteiger partial charge in [-0.15, -0.1) is 0 Å². The lowest BCUT2D eigenvalue weighted by atomic mass is 9.97. The van der Waals surface area contributed by atoms with Crippen LogP contribution < -0.4 is 15.0 Å². The average molecular weight is 357 g/mol. The Kier molecular flexibility index (Phi) is 6.95. The number of hydrogen-bond donors (Lipinski definition) is 1. The molecule has 1 aliphatic heterocycles. The minimum atomic E-state index is 0.152. The Hall–Kier alpha value is -2.01. The highest BCUT2D eigenvalue weighted by atomic mass is 16.5. The molecular formula is C21H31N3O2. The van der Waals surface area contributed by atoms with E-state index >= 15 is 0 Å². The van der Waals surface area contributed by atoms with Gasteiger partial charge < -0.3 is 15.0 Å². The van der Waals surface area contributed by atoms with Gasteiger partial charge in [-0.05, 0) is 56.4 Å². The second-order valence-corrected chi connectivity index (χ2v) is 7.17. The van der Waals surface area contributed by atoms with Crippen molar-refractivity contribution in [3.63, 3.8) is 0 Å². The maximum absolute atomic E-state index is 12.2. The van der Waals surface area contributed by atoms with Crippen LogP contribution in [0.3, 0.4) is 0 Å². The Labute approximate surface area is 157 Å². The maximum atomic E-state index is 12.2. The molecule has 1 aromatic carbocycles. The molecule has 3 rings (SSSR count). The smallest absolute Gasteiger partial charge is 0.234 e. The lowest BCUT2D eigenvalue weighted by molar-refractivity contribution is -0.122. The number of rotatable bonds is 7. The standard InChI is InChI=1S/C21H31N3O2/c1-26-20-9-7-19(8-10-20)24-15-13-23(14-16-24)17-21(25)22-12-11-18-5-3-2-4-6-18/h5,7-10H,2-4,6,11-17H2,1H3,(H,22,25). The van der Waals surface area contributed by atoms with Crippen LogP contribution in [-0.4, -0.2) is 57.2 Å². The predicted octanol–water partition coefficient (Wildman–Crippen LogP) is 2.82. The Bertz CT molecular complexity index is 604. The number of allylic oxidation sites excluding steroid dienone is 1. The van der Waals surface area contributed by atoms with Gasteiger partial charge in [0.1, 0.15) is 5.75 Å². The summed E-state index contributed by atoms with van der Waals surface area (Å²) in [4.78, 5) is 16.8. The number of carbonyl (C=O) groups excluding carboxylic acids is 1. The number of methoxy groups -OCH3 is 1. The van der Waals surface area contributed by atoms with Gasteiger partial charge in [-0.3, -0.25) is 9.69 Å². The van der Waals surface area contributed by atoms with E-state index in [0.29, 0.717) is 6.54 Å². The van der Waals surface area contributed by atoms with Gasteiger partial charge in [-0.2, -0.15) is 0 Å². The SMILES string of the molecule is COc1ccc(N2CCN(CC(=O)NCCC3=CCCCC3)CC2)cc1. The number of amides is 1. The molecule has 1 aromatic rings. The maximum Gasteiger partial charge on any atom is 0.234 e. The van der Waals surface area contributed by atoms with Gasteiger partial charge in [0.05, 0.1) is 13.7 Å². The first-order valence-corrected chi connectivity index (χ1v) is 9.80. The summed E-state index contributed by atoms with van der Waals surface area (Å²) >= 11 is 0. The number of piperazine rings is 1. The van der Waals surface area contributed by atoms with E-state index in [1.54, 1.807) is 7.11 Å². The number of nitrogens with zero attached hydrogens (tertiary/aromatic N) is 2. The second-order valence-electron chi connectivity index (χ2n) is 7.17. The van der Waals surface area contributed by atoms with Crippen LogP contribution in [0.2, 0.25) is 0 Å². The summed E-state index contributed by atoms with van der Waals surface area (Å²) < 4.78 is 5.21. The molecule has 5 nitrogen and oxygen atoms in total. The van der Waals surface area contributed by atoms with E-state index in [2.05, 4.69) is 33.3 Å². The normalized spacial score (nSPS) is 18.3. The molecule has 0 bridgehead atoms. The average Bonchev–Trinajstić information content (AvgIpc) is 2.69. The molecule has 0 unspecified atom stereocenters. The van der Waals surface area contributed by atoms with Gasteiger partial charge in [0.15, 0.2) is 0 Å². The highest BCUT2D eigenvalue weighted by molar-refractivity contribution is 5.78. The lowest BCUT2D eigenvalue weighted by Crippen LogP contribution is -2.49. The Morgan fingerprint density at radius 1 is 1.12 bits per heavy atom. The molecule has 0 atom stereocenters. The summed E-state index contributed by atoms with van der Waals surface area (Å²) in [5.41, 5.74) is 2.74. The number of ether oxygens (including phenoxy) is 1. The summed E-state index contributed by atoms with van der Waals surface area (Å²) in [5.74, 6) is 1.03. The molecule has 26 heavy (non-hydrogen) atoms. The highest BCUT2D eigenvalue weighted by Crippen LogP contribution is 2.21. The third-order valence-electron chi connectivity index (χ3n) is 5.33. The van der Waals surface area contributed by atoms with E-state index in [4.69, 9.17) is 4.74 Å². The fraction of sp³-hybridized carbons (Fsp3) is 0.571. The number of benzene rings is 1. The van der Waals surface area contributed by atoms with Crippen LogP contribution in [-0.2, 0) is 4.79 Å². The molecule has 2 aliphatic rings. The number of nitrogens with one attached hydrogen (secondary N) is 1. The van der Waals surface area contributed by atoms with Gasteiger partial charge in [0.2, 0.25) is 5.91 Å². The van der Waals surface area contributed by atoms with Crippen molar-refractivity contribution < 1.29 is 9.53 Å². The fourth-order valence-corrected chi connectivity index (χ4v) is 3.71. The van der Waals surface area contributed by atoms with Crippen LogP contribution in [0.25, 0.3) is 0 Å². The molecule has 0 radical (unpaired) electrons. The van der Waals surface area contributed by atoms with E-state index in [0.717, 1.165) is 44.9 Å². The van der Waals surface area contributed by atoms with Gasteiger partial charge in [-0.25, -0.2) is 0 Å². The fourth-order valence-electron chi connectivity index (χ4n) is 3.71. The quantitative estimate of drug-likeness (QED) is 0.762. The zero-order chi connectivity index (χ0) is 18.2. The van der Waals surface area contributed by atoms with Gasteiger partial charge in [0.25, 0.3) is 0 Å². The largest absolute Gasteiger partial charge is 0.497 e. The van der Waals surface area contributed by atoms with Crippen LogP contribution in [0.1, 0.15) is 32.1 Å². The summed E-state index contributed by atoms with van der Waals surface area (Å²) in [5, 5.41) is 3.08. The van der Waals surface area contributed by atoms with E-state index in [9.17, 15) is 4.79 Å². The first-order chi connectivity index (χ1) is 12.7. The Morgan fingerprint density at radius 2 is 1.88 bits per heavy atom. The van der Waals surface area contributed by atoms with Crippen molar-refractivity contribution in [2.45, 2.75) is 32.1 Å². The number of carbonyl (C=O) groups is 1. The molecule has 5 heteroatoms. The molecule has 1 aliphatic carbocycles. The van der Waals surface area contributed by atoms with Crippen LogP contribution in [0, 0.1) is 0 Å². The summed E-state index contributed by atoms with van der Waals surface area (Å²) in [6, 6.07) is 8.19. The summed E-state index contributed by atoms with van der Waals surface area (Å²) in [7, 11) is 1.69. The summed E-state index contributed by atoms with van der Waals surface area (Å²) in [6.45, 7) is 5.03. The van der Waals surface area contributed by atoms with E-state index in [1.807, 2.05) is 12.1 Å². The molecule has 0 spiro atoms. The van der Waals surface area contributed by atoms with Crippen LogP contribution in [0.4, 0.5) is 5.69 Å². The Balaban J connectivity index is 1.35. The number of hydrogen-bond acceptors (Lipinski definition) is 4. The van der Waals surface area contributed by atoms with E-state index < -0.39 is 0 Å². The highest BCUT2D eigenvalue weighted by Gasteiger charge is 2.19. The first-order valence-electron chi connectivity index (χ1n) is 9.80. The zero-order valence-corrected chi connectivity index (χ0v) is 15.9. The van der Waals surface area contributed by atoms with Gasteiger partial charge in [-0.1, -0.05) is 11.6 Å². The van der Waals surface area contributed by atoms with Crippen molar-refractivity contribution in [1.82, 2.24) is 10.2 Å². The first kappa shape index (κ1) is 18.8. The van der Waals surface area contributed by atoms with Crippen molar-refractivity contribution in [1.29, 1.82) is 0 Å². The molecule has 1 fully saturated rings. The molecule has 1 heterocycles. The zero-order valence-electron chi connectivity index (χ0n) is 15.9. The number of anilines is 1. The summed E-state index contributed by atoms with van der Waals surface area (Å²) in [6.07, 6.45) is 8.41. The monoisotopic (exact) mass is 357 g/mol. The van der Waals surface area contributed by atoms with Crippen molar-refractivity contribution in [2.75, 3.05) is 51.3 Å². The molecular weight excluding hydrogens is 326 g/mol. The van der Waals surface area contributed by atoms with Crippen LogP contribution in [0.5, 0.6) is 5.75 Å².